The van der Waals surface area contributed by atoms with Crippen molar-refractivity contribution >= 4 is 50.2 Å². The fraction of sp³-hybridized carbons (Fsp3) is 0.300. The summed E-state index contributed by atoms with van der Waals surface area (Å²) < 4.78 is 15.0. The van der Waals surface area contributed by atoms with E-state index in [2.05, 4.69) is 26.8 Å². The van der Waals surface area contributed by atoms with Crippen molar-refractivity contribution in [2.45, 2.75) is 24.5 Å². The van der Waals surface area contributed by atoms with Crippen molar-refractivity contribution in [2.24, 2.45) is 0 Å². The van der Waals surface area contributed by atoms with Gasteiger partial charge in [-0.25, -0.2) is 9.37 Å². The quantitative estimate of drug-likeness (QED) is 0.341. The monoisotopic (exact) mass is 445 g/mol. The largest absolute Gasteiger partial charge is 0.348 e. The van der Waals surface area contributed by atoms with E-state index in [0.717, 1.165) is 42.8 Å². The second kappa shape index (κ2) is 8.97. The molecule has 1 saturated heterocycles. The molecule has 0 unspecified atom stereocenters. The van der Waals surface area contributed by atoms with E-state index < -0.39 is 0 Å². The molecule has 1 fully saturated rings. The van der Waals surface area contributed by atoms with Crippen LogP contribution >= 0.6 is 23.1 Å². The zero-order chi connectivity index (χ0) is 21.1. The molecule has 156 valence electrons. The van der Waals surface area contributed by atoms with Gasteiger partial charge in [-0.05, 0) is 37.1 Å². The van der Waals surface area contributed by atoms with E-state index in [0.29, 0.717) is 27.7 Å². The average molecular weight is 446 g/mol. The molecular formula is C20H20FN5O2S2. The lowest BCUT2D eigenvalue weighted by Gasteiger charge is -2.11. The molecule has 0 atom stereocenters. The molecule has 1 aromatic carbocycles. The number of halogens is 1. The van der Waals surface area contributed by atoms with Gasteiger partial charge in [-0.1, -0.05) is 29.2 Å². The number of rotatable bonds is 7. The summed E-state index contributed by atoms with van der Waals surface area (Å²) in [6.45, 7) is 5.88. The van der Waals surface area contributed by atoms with E-state index in [-0.39, 0.29) is 23.0 Å². The molecule has 1 aliphatic heterocycles. The summed E-state index contributed by atoms with van der Waals surface area (Å²) in [5, 5.41) is 3.93. The van der Waals surface area contributed by atoms with Crippen molar-refractivity contribution in [3.05, 3.63) is 53.1 Å². The minimum absolute atomic E-state index is 0.0512. The van der Waals surface area contributed by atoms with Crippen LogP contribution in [-0.2, 0) is 11.3 Å². The molecule has 0 bridgehead atoms. The van der Waals surface area contributed by atoms with E-state index in [1.54, 1.807) is 6.08 Å². The van der Waals surface area contributed by atoms with Gasteiger partial charge in [-0.2, -0.15) is 4.98 Å². The molecule has 3 aromatic rings. The molecular weight excluding hydrogens is 425 g/mol. The van der Waals surface area contributed by atoms with Gasteiger partial charge in [0.05, 0.1) is 5.75 Å². The summed E-state index contributed by atoms with van der Waals surface area (Å²) in [5.41, 5.74) is 0.738. The summed E-state index contributed by atoms with van der Waals surface area (Å²) in [6.07, 6.45) is 3.86. The summed E-state index contributed by atoms with van der Waals surface area (Å²) in [5.74, 6) is -0.595. The standard InChI is InChI=1S/C20H20FN5O2S2/c1-2-9-26-18(28)16-17(23-19(30-16)25-10-3-4-11-25)24-20(26)29-12-15(27)22-14-7-5-13(21)6-8-14/h2,5-8H,1,3-4,9-12H2,(H,22,27). The Labute approximate surface area is 180 Å². The van der Waals surface area contributed by atoms with Gasteiger partial charge in [0.1, 0.15) is 10.5 Å². The van der Waals surface area contributed by atoms with Gasteiger partial charge in [0.25, 0.3) is 5.56 Å². The van der Waals surface area contributed by atoms with Crippen LogP contribution in [0, 0.1) is 5.82 Å². The summed E-state index contributed by atoms with van der Waals surface area (Å²) in [7, 11) is 0. The zero-order valence-electron chi connectivity index (χ0n) is 16.1. The number of nitrogens with one attached hydrogen (secondary N) is 1. The van der Waals surface area contributed by atoms with Gasteiger partial charge in [0, 0.05) is 25.3 Å². The van der Waals surface area contributed by atoms with Crippen LogP contribution in [0.25, 0.3) is 10.3 Å². The third kappa shape index (κ3) is 4.39. The van der Waals surface area contributed by atoms with Crippen molar-refractivity contribution in [1.82, 2.24) is 14.5 Å². The Kier molecular flexibility index (Phi) is 6.14. The van der Waals surface area contributed by atoms with Gasteiger partial charge >= 0.3 is 0 Å². The van der Waals surface area contributed by atoms with Gasteiger partial charge in [-0.3, -0.25) is 14.2 Å². The highest BCUT2D eigenvalue weighted by molar-refractivity contribution is 7.99. The second-order valence-corrected chi connectivity index (χ2v) is 8.71. The number of nitrogens with zero attached hydrogens (tertiary/aromatic N) is 4. The number of thiazole rings is 1. The number of carbonyl (C=O) groups is 1. The summed E-state index contributed by atoms with van der Waals surface area (Å²) >= 11 is 2.52. The molecule has 0 saturated carbocycles. The second-order valence-electron chi connectivity index (χ2n) is 6.79. The van der Waals surface area contributed by atoms with E-state index >= 15 is 0 Å². The number of thioether (sulfide) groups is 1. The Morgan fingerprint density at radius 2 is 2.00 bits per heavy atom. The van der Waals surface area contributed by atoms with Crippen LogP contribution in [-0.4, -0.2) is 39.3 Å². The molecule has 0 radical (unpaired) electrons. The molecule has 1 N–H and O–H groups in total. The number of allylic oxidation sites excluding steroid dienone is 1. The van der Waals surface area contributed by atoms with Crippen molar-refractivity contribution in [3.8, 4) is 0 Å². The molecule has 4 rings (SSSR count). The molecule has 30 heavy (non-hydrogen) atoms. The first kappa shape index (κ1) is 20.5. The predicted molar refractivity (Wildman–Crippen MR) is 119 cm³/mol. The Hall–Kier alpha value is -2.72. The molecule has 1 amide bonds. The SMILES string of the molecule is C=CCn1c(SCC(=O)Nc2ccc(F)cc2)nc2nc(N3CCCC3)sc2c1=O. The van der Waals surface area contributed by atoms with Crippen molar-refractivity contribution in [1.29, 1.82) is 0 Å². The van der Waals surface area contributed by atoms with Crippen LogP contribution in [0.2, 0.25) is 0 Å². The maximum Gasteiger partial charge on any atom is 0.274 e. The lowest BCUT2D eigenvalue weighted by molar-refractivity contribution is -0.113. The molecule has 0 spiro atoms. The number of fused-ring (bicyclic) bond motifs is 1. The Morgan fingerprint density at radius 3 is 2.70 bits per heavy atom. The Morgan fingerprint density at radius 1 is 1.27 bits per heavy atom. The molecule has 7 nitrogen and oxygen atoms in total. The number of hydrogen-bond donors (Lipinski definition) is 1. The number of anilines is 2. The van der Waals surface area contributed by atoms with Crippen LogP contribution in [0.15, 0.2) is 46.9 Å². The molecule has 3 heterocycles. The third-order valence-corrected chi connectivity index (χ3v) is 6.69. The highest BCUT2D eigenvalue weighted by atomic mass is 32.2. The predicted octanol–water partition coefficient (Wildman–Crippen LogP) is 3.51. The summed E-state index contributed by atoms with van der Waals surface area (Å²) in [4.78, 5) is 36.6. The van der Waals surface area contributed by atoms with Gasteiger partial charge in [-0.15, -0.1) is 6.58 Å². The van der Waals surface area contributed by atoms with Crippen LogP contribution in [0.4, 0.5) is 15.2 Å². The summed E-state index contributed by atoms with van der Waals surface area (Å²) in [6, 6.07) is 5.54. The number of hydrogen-bond acceptors (Lipinski definition) is 7. The van der Waals surface area contributed by atoms with Crippen molar-refractivity contribution in [2.75, 3.05) is 29.1 Å². The maximum absolute atomic E-state index is 13.0. The highest BCUT2D eigenvalue weighted by Crippen LogP contribution is 2.29. The Bertz CT molecular complexity index is 1140. The van der Waals surface area contributed by atoms with Crippen molar-refractivity contribution < 1.29 is 9.18 Å². The lowest BCUT2D eigenvalue weighted by atomic mass is 10.3. The average Bonchev–Trinajstić information content (AvgIpc) is 3.40. The minimum atomic E-state index is -0.370. The van der Waals surface area contributed by atoms with Crippen LogP contribution in [0.5, 0.6) is 0 Å². The molecule has 0 aliphatic carbocycles. The van der Waals surface area contributed by atoms with Crippen LogP contribution in [0.3, 0.4) is 0 Å². The van der Waals surface area contributed by atoms with Crippen LogP contribution in [0.1, 0.15) is 12.8 Å². The number of benzene rings is 1. The molecule has 10 heteroatoms. The molecule has 2 aromatic heterocycles. The van der Waals surface area contributed by atoms with Gasteiger partial charge in [0.2, 0.25) is 5.91 Å². The van der Waals surface area contributed by atoms with E-state index in [4.69, 9.17) is 0 Å². The zero-order valence-corrected chi connectivity index (χ0v) is 17.8. The normalized spacial score (nSPS) is 13.7. The molecule has 1 aliphatic rings. The fourth-order valence-electron chi connectivity index (χ4n) is 3.18. The third-order valence-electron chi connectivity index (χ3n) is 4.62. The van der Waals surface area contributed by atoms with Crippen molar-refractivity contribution in [3.63, 3.8) is 0 Å². The smallest absolute Gasteiger partial charge is 0.274 e. The number of carbonyl (C=O) groups excluding carboxylic acids is 1. The first-order valence-electron chi connectivity index (χ1n) is 9.50. The minimum Gasteiger partial charge on any atom is -0.348 e. The Balaban J connectivity index is 1.56. The highest BCUT2D eigenvalue weighted by Gasteiger charge is 2.21. The maximum atomic E-state index is 13.0. The number of amides is 1. The first-order valence-corrected chi connectivity index (χ1v) is 11.3. The van der Waals surface area contributed by atoms with E-state index in [1.165, 1.54) is 40.2 Å². The van der Waals surface area contributed by atoms with Gasteiger partial charge < -0.3 is 10.2 Å². The first-order chi connectivity index (χ1) is 14.5. The topological polar surface area (TPSA) is 80.1 Å². The lowest BCUT2D eigenvalue weighted by Crippen LogP contribution is -2.23. The number of aromatic nitrogens is 3. The van der Waals surface area contributed by atoms with Gasteiger partial charge in [0.15, 0.2) is 15.9 Å². The van der Waals surface area contributed by atoms with Crippen LogP contribution < -0.4 is 15.8 Å². The van der Waals surface area contributed by atoms with E-state index in [9.17, 15) is 14.0 Å². The fourth-order valence-corrected chi connectivity index (χ4v) is 4.98. The van der Waals surface area contributed by atoms with E-state index in [1.807, 2.05) is 0 Å².